The number of carbonyl (C=O) groups is 1. The predicted molar refractivity (Wildman–Crippen MR) is 83.4 cm³/mol. The van der Waals surface area contributed by atoms with E-state index < -0.39 is 4.92 Å². The molecule has 0 aromatic heterocycles. The molecule has 0 saturated carbocycles. The van der Waals surface area contributed by atoms with Crippen LogP contribution in [-0.4, -0.2) is 10.8 Å². The Kier molecular flexibility index (Phi) is 4.93. The van der Waals surface area contributed by atoms with Gasteiger partial charge in [-0.15, -0.1) is 0 Å². The van der Waals surface area contributed by atoms with Crippen molar-refractivity contribution in [2.24, 2.45) is 0 Å². The van der Waals surface area contributed by atoms with Gasteiger partial charge in [0.15, 0.2) is 0 Å². The monoisotopic (exact) mass is 368 g/mol. The van der Waals surface area contributed by atoms with E-state index in [-0.39, 0.29) is 18.1 Å². The number of nitro benzene ring substituents is 1. The number of rotatable bonds is 4. The summed E-state index contributed by atoms with van der Waals surface area (Å²) in [7, 11) is 0. The quantitative estimate of drug-likeness (QED) is 0.655. The van der Waals surface area contributed by atoms with Crippen molar-refractivity contribution in [2.45, 2.75) is 6.54 Å². The van der Waals surface area contributed by atoms with Gasteiger partial charge in [0.2, 0.25) is 0 Å². The molecule has 108 valence electrons. The summed E-state index contributed by atoms with van der Waals surface area (Å²) in [5.41, 5.74) is 1.15. The normalized spacial score (nSPS) is 10.2. The fourth-order valence-corrected chi connectivity index (χ4v) is 2.27. The molecular formula is C14H10BrClN2O3. The minimum absolute atomic E-state index is 0.0140. The molecule has 0 aliphatic heterocycles. The van der Waals surface area contributed by atoms with Crippen molar-refractivity contribution in [1.29, 1.82) is 0 Å². The van der Waals surface area contributed by atoms with E-state index in [0.717, 1.165) is 5.56 Å². The largest absolute Gasteiger partial charge is 0.348 e. The predicted octanol–water partition coefficient (Wildman–Crippen LogP) is 3.94. The summed E-state index contributed by atoms with van der Waals surface area (Å²) in [5.74, 6) is -0.306. The zero-order chi connectivity index (χ0) is 15.4. The van der Waals surface area contributed by atoms with E-state index >= 15 is 0 Å². The molecule has 21 heavy (non-hydrogen) atoms. The van der Waals surface area contributed by atoms with Crippen molar-refractivity contribution < 1.29 is 9.72 Å². The maximum Gasteiger partial charge on any atom is 0.269 e. The first-order valence-corrected chi connectivity index (χ1v) is 7.11. The van der Waals surface area contributed by atoms with Crippen LogP contribution in [0.1, 0.15) is 15.9 Å². The number of hydrogen-bond acceptors (Lipinski definition) is 3. The van der Waals surface area contributed by atoms with Crippen molar-refractivity contribution in [1.82, 2.24) is 5.32 Å². The standard InChI is InChI=1S/C14H10BrClN2O3/c15-12-3-1-2-11(13(12)16)14(19)17-8-9-4-6-10(7-5-9)18(20)21/h1-7H,8H2,(H,17,19). The second-order valence-electron chi connectivity index (χ2n) is 4.21. The lowest BCUT2D eigenvalue weighted by molar-refractivity contribution is -0.384. The first-order valence-electron chi connectivity index (χ1n) is 5.94. The molecule has 2 aromatic rings. The fourth-order valence-electron chi connectivity index (χ4n) is 1.69. The Bertz CT molecular complexity index is 689. The molecule has 2 aromatic carbocycles. The molecular weight excluding hydrogens is 360 g/mol. The maximum absolute atomic E-state index is 12.0. The van der Waals surface area contributed by atoms with Crippen molar-refractivity contribution >= 4 is 39.1 Å². The Labute approximate surface area is 134 Å². The van der Waals surface area contributed by atoms with Crippen LogP contribution < -0.4 is 5.32 Å². The lowest BCUT2D eigenvalue weighted by Gasteiger charge is -2.07. The molecule has 0 saturated heterocycles. The van der Waals surface area contributed by atoms with Crippen molar-refractivity contribution in [3.8, 4) is 0 Å². The Hall–Kier alpha value is -1.92. The molecule has 1 N–H and O–H groups in total. The molecule has 0 aliphatic carbocycles. The van der Waals surface area contributed by atoms with Gasteiger partial charge in [-0.05, 0) is 33.6 Å². The van der Waals surface area contributed by atoms with Crippen LogP contribution in [0.3, 0.4) is 0 Å². The second kappa shape index (κ2) is 6.69. The molecule has 0 radical (unpaired) electrons. The number of benzene rings is 2. The summed E-state index contributed by atoms with van der Waals surface area (Å²) >= 11 is 9.30. The molecule has 0 unspecified atom stereocenters. The van der Waals surface area contributed by atoms with Crippen LogP contribution in [0.15, 0.2) is 46.9 Å². The van der Waals surface area contributed by atoms with Crippen LogP contribution >= 0.6 is 27.5 Å². The van der Waals surface area contributed by atoms with E-state index in [2.05, 4.69) is 21.2 Å². The summed E-state index contributed by atoms with van der Waals surface area (Å²) in [5, 5.41) is 13.6. The first-order chi connectivity index (χ1) is 9.99. The second-order valence-corrected chi connectivity index (χ2v) is 5.44. The molecule has 0 fully saturated rings. The van der Waals surface area contributed by atoms with Gasteiger partial charge in [-0.25, -0.2) is 0 Å². The van der Waals surface area contributed by atoms with E-state index in [9.17, 15) is 14.9 Å². The third kappa shape index (κ3) is 3.80. The van der Waals surface area contributed by atoms with E-state index in [4.69, 9.17) is 11.6 Å². The zero-order valence-corrected chi connectivity index (χ0v) is 13.0. The Morgan fingerprint density at radius 3 is 2.52 bits per heavy atom. The minimum atomic E-state index is -0.469. The summed E-state index contributed by atoms with van der Waals surface area (Å²) in [6.45, 7) is 0.264. The lowest BCUT2D eigenvalue weighted by atomic mass is 10.2. The Morgan fingerprint density at radius 1 is 1.24 bits per heavy atom. The molecule has 7 heteroatoms. The zero-order valence-electron chi connectivity index (χ0n) is 10.7. The molecule has 0 spiro atoms. The van der Waals surface area contributed by atoms with Crippen LogP contribution in [-0.2, 0) is 6.54 Å². The van der Waals surface area contributed by atoms with E-state index in [1.807, 2.05) is 0 Å². The number of nitrogens with one attached hydrogen (secondary N) is 1. The van der Waals surface area contributed by atoms with Gasteiger partial charge in [0.25, 0.3) is 11.6 Å². The summed E-state index contributed by atoms with van der Waals surface area (Å²) in [4.78, 5) is 22.1. The average Bonchev–Trinajstić information content (AvgIpc) is 2.48. The number of nitro groups is 1. The lowest BCUT2D eigenvalue weighted by Crippen LogP contribution is -2.23. The van der Waals surface area contributed by atoms with Crippen LogP contribution in [0.25, 0.3) is 0 Å². The molecule has 0 aliphatic rings. The highest BCUT2D eigenvalue weighted by atomic mass is 79.9. The molecule has 2 rings (SSSR count). The molecule has 0 bridgehead atoms. The Balaban J connectivity index is 2.04. The van der Waals surface area contributed by atoms with Gasteiger partial charge in [-0.3, -0.25) is 14.9 Å². The first kappa shape index (κ1) is 15.5. The summed E-state index contributed by atoms with van der Waals surface area (Å²) < 4.78 is 0.646. The topological polar surface area (TPSA) is 72.2 Å². The van der Waals surface area contributed by atoms with Gasteiger partial charge in [0.1, 0.15) is 0 Å². The van der Waals surface area contributed by atoms with Crippen LogP contribution in [0.4, 0.5) is 5.69 Å². The van der Waals surface area contributed by atoms with Crippen molar-refractivity contribution in [3.63, 3.8) is 0 Å². The fraction of sp³-hybridized carbons (Fsp3) is 0.0714. The number of nitrogens with zero attached hydrogens (tertiary/aromatic N) is 1. The van der Waals surface area contributed by atoms with Gasteiger partial charge in [0.05, 0.1) is 15.5 Å². The van der Waals surface area contributed by atoms with E-state index in [1.165, 1.54) is 12.1 Å². The third-order valence-corrected chi connectivity index (χ3v) is 4.09. The molecule has 5 nitrogen and oxygen atoms in total. The van der Waals surface area contributed by atoms with Crippen LogP contribution in [0, 0.1) is 10.1 Å². The van der Waals surface area contributed by atoms with Crippen LogP contribution in [0.2, 0.25) is 5.02 Å². The van der Waals surface area contributed by atoms with Gasteiger partial charge in [-0.2, -0.15) is 0 Å². The average molecular weight is 370 g/mol. The molecule has 1 amide bonds. The maximum atomic E-state index is 12.0. The van der Waals surface area contributed by atoms with E-state index in [1.54, 1.807) is 30.3 Å². The number of carbonyl (C=O) groups excluding carboxylic acids is 1. The SMILES string of the molecule is O=C(NCc1ccc([N+](=O)[O-])cc1)c1cccc(Br)c1Cl. The van der Waals surface area contributed by atoms with Gasteiger partial charge < -0.3 is 5.32 Å². The highest BCUT2D eigenvalue weighted by Gasteiger charge is 2.12. The Morgan fingerprint density at radius 2 is 1.90 bits per heavy atom. The number of halogens is 2. The number of hydrogen-bond donors (Lipinski definition) is 1. The molecule has 0 atom stereocenters. The number of amides is 1. The third-order valence-electron chi connectivity index (χ3n) is 2.80. The van der Waals surface area contributed by atoms with Gasteiger partial charge >= 0.3 is 0 Å². The highest BCUT2D eigenvalue weighted by Crippen LogP contribution is 2.25. The van der Waals surface area contributed by atoms with Gasteiger partial charge in [0, 0.05) is 23.2 Å². The van der Waals surface area contributed by atoms with Gasteiger partial charge in [-0.1, -0.05) is 29.8 Å². The van der Waals surface area contributed by atoms with Crippen molar-refractivity contribution in [2.75, 3.05) is 0 Å². The van der Waals surface area contributed by atoms with Crippen LogP contribution in [0.5, 0.6) is 0 Å². The minimum Gasteiger partial charge on any atom is -0.348 e. The summed E-state index contributed by atoms with van der Waals surface area (Å²) in [6, 6.07) is 11.1. The van der Waals surface area contributed by atoms with Crippen molar-refractivity contribution in [3.05, 3.63) is 73.2 Å². The highest BCUT2D eigenvalue weighted by molar-refractivity contribution is 9.10. The summed E-state index contributed by atoms with van der Waals surface area (Å²) in [6.07, 6.45) is 0. The van der Waals surface area contributed by atoms with E-state index in [0.29, 0.717) is 15.1 Å². The number of non-ortho nitro benzene ring substituents is 1. The molecule has 0 heterocycles. The smallest absolute Gasteiger partial charge is 0.269 e.